The molecule has 14 heavy (non-hydrogen) atoms. The summed E-state index contributed by atoms with van der Waals surface area (Å²) in [7, 11) is -0.315. The Labute approximate surface area is 84.8 Å². The molecule has 0 unspecified atom stereocenters. The third-order valence-electron chi connectivity index (χ3n) is 1.36. The van der Waals surface area contributed by atoms with Gasteiger partial charge in [0.1, 0.15) is 0 Å². The van der Waals surface area contributed by atoms with Gasteiger partial charge >= 0.3 is 0 Å². The van der Waals surface area contributed by atoms with Gasteiger partial charge in [-0.3, -0.25) is 4.18 Å². The fourth-order valence-corrected chi connectivity index (χ4v) is 1.18. The Hall–Kier alpha value is -0.750. The van der Waals surface area contributed by atoms with E-state index in [1.54, 1.807) is 6.08 Å². The maximum Gasteiger partial charge on any atom is 0.274 e. The molecule has 0 saturated carbocycles. The second kappa shape index (κ2) is 6.67. The van der Waals surface area contributed by atoms with Crippen molar-refractivity contribution in [2.75, 3.05) is 27.1 Å². The predicted octanol–water partition coefficient (Wildman–Crippen LogP) is 0.877. The number of hydrogen-bond acceptors (Lipinski definition) is 5. The number of unbranched alkanes of at least 4 members (excludes halogenated alkanes) is 1. The molecule has 0 bridgehead atoms. The summed E-state index contributed by atoms with van der Waals surface area (Å²) in [6.07, 6.45) is 4.00. The maximum absolute atomic E-state index is 10.6. The van der Waals surface area contributed by atoms with Gasteiger partial charge in [0.15, 0.2) is 0 Å². The van der Waals surface area contributed by atoms with Crippen molar-refractivity contribution in [2.24, 2.45) is 0 Å². The third-order valence-corrected chi connectivity index (χ3v) is 1.95. The predicted molar refractivity (Wildman–Crippen MR) is 52.1 cm³/mol. The first-order chi connectivity index (χ1) is 6.49. The Balaban J connectivity index is 3.61. The van der Waals surface area contributed by atoms with Crippen LogP contribution in [0.5, 0.6) is 0 Å². The van der Waals surface area contributed by atoms with Gasteiger partial charge in [0.2, 0.25) is 0 Å². The molecular weight excluding hydrogens is 208 g/mol. The number of allylic oxidation sites excluding steroid dienone is 1. The molecule has 0 aliphatic heterocycles. The van der Waals surface area contributed by atoms with E-state index in [0.29, 0.717) is 18.8 Å². The van der Waals surface area contributed by atoms with Crippen molar-refractivity contribution in [1.29, 1.82) is 0 Å². The Morgan fingerprint density at radius 2 is 1.86 bits per heavy atom. The van der Waals surface area contributed by atoms with Gasteiger partial charge in [-0.25, -0.2) is 0 Å². The van der Waals surface area contributed by atoms with Gasteiger partial charge in [-0.05, 0) is 18.9 Å². The van der Waals surface area contributed by atoms with E-state index in [4.69, 9.17) is 9.47 Å². The molecule has 0 heterocycles. The summed E-state index contributed by atoms with van der Waals surface area (Å²) >= 11 is 0. The lowest BCUT2D eigenvalue weighted by Crippen LogP contribution is -2.03. The van der Waals surface area contributed by atoms with Crippen LogP contribution < -0.4 is 0 Å². The van der Waals surface area contributed by atoms with Gasteiger partial charge in [-0.1, -0.05) is 0 Å². The normalized spacial score (nSPS) is 10.8. The van der Waals surface area contributed by atoms with E-state index >= 15 is 0 Å². The molecule has 6 heteroatoms. The fourth-order valence-electron chi connectivity index (χ4n) is 0.764. The van der Waals surface area contributed by atoms with Crippen molar-refractivity contribution < 1.29 is 22.1 Å². The van der Waals surface area contributed by atoms with Crippen molar-refractivity contribution in [3.8, 4) is 0 Å². The Kier molecular flexibility index (Phi) is 6.31. The van der Waals surface area contributed by atoms with Crippen molar-refractivity contribution in [1.82, 2.24) is 0 Å². The summed E-state index contributed by atoms with van der Waals surface area (Å²) in [6, 6.07) is 0. The molecule has 0 N–H and O–H groups in total. The number of hydrogen-bond donors (Lipinski definition) is 0. The molecule has 0 aliphatic rings. The molecule has 0 spiro atoms. The summed E-state index contributed by atoms with van der Waals surface area (Å²) in [4.78, 5) is 0. The van der Waals surface area contributed by atoms with E-state index < -0.39 is 10.1 Å². The zero-order valence-electron chi connectivity index (χ0n) is 8.65. The minimum absolute atomic E-state index is 0.177. The van der Waals surface area contributed by atoms with E-state index in [2.05, 4.69) is 4.18 Å². The average Bonchev–Trinajstić information content (AvgIpc) is 2.09. The zero-order valence-corrected chi connectivity index (χ0v) is 9.46. The van der Waals surface area contributed by atoms with Crippen molar-refractivity contribution in [2.45, 2.75) is 12.8 Å². The number of rotatable bonds is 7. The minimum atomic E-state index is -3.32. The van der Waals surface area contributed by atoms with Crippen LogP contribution in [0.25, 0.3) is 0 Å². The summed E-state index contributed by atoms with van der Waals surface area (Å²) in [5.41, 5.74) is 0. The molecule has 5 nitrogen and oxygen atoms in total. The Morgan fingerprint density at radius 3 is 2.29 bits per heavy atom. The van der Waals surface area contributed by atoms with E-state index in [1.807, 2.05) is 0 Å². The highest BCUT2D eigenvalue weighted by molar-refractivity contribution is 7.85. The molecule has 0 atom stereocenters. The molecule has 0 amide bonds. The van der Waals surface area contributed by atoms with E-state index in [1.165, 1.54) is 14.2 Å². The van der Waals surface area contributed by atoms with Crippen LogP contribution in [0.3, 0.4) is 0 Å². The highest BCUT2D eigenvalue weighted by Gasteiger charge is 2.00. The first-order valence-corrected chi connectivity index (χ1v) is 5.94. The molecule has 0 aromatic carbocycles. The molecule has 0 aromatic rings. The summed E-state index contributed by atoms with van der Waals surface area (Å²) in [6.45, 7) is 0.177. The van der Waals surface area contributed by atoms with Gasteiger partial charge in [0.25, 0.3) is 16.1 Å². The fraction of sp³-hybridized carbons (Fsp3) is 0.750. The lowest BCUT2D eigenvalue weighted by atomic mass is 10.3. The third kappa shape index (κ3) is 7.88. The lowest BCUT2D eigenvalue weighted by Gasteiger charge is -2.03. The first kappa shape index (κ1) is 13.2. The van der Waals surface area contributed by atoms with Crippen LogP contribution in [0.15, 0.2) is 12.0 Å². The van der Waals surface area contributed by atoms with Crippen molar-refractivity contribution in [3.05, 3.63) is 12.0 Å². The molecule has 84 valence electrons. The van der Waals surface area contributed by atoms with Crippen LogP contribution in [0, 0.1) is 0 Å². The topological polar surface area (TPSA) is 61.8 Å². The summed E-state index contributed by atoms with van der Waals surface area (Å²) in [5.74, 6) is 0.421. The van der Waals surface area contributed by atoms with Crippen LogP contribution >= 0.6 is 0 Å². The molecule has 0 fully saturated rings. The minimum Gasteiger partial charge on any atom is -0.469 e. The summed E-state index contributed by atoms with van der Waals surface area (Å²) in [5, 5.41) is 0. The summed E-state index contributed by atoms with van der Waals surface area (Å²) < 4.78 is 35.3. The Bertz CT molecular complexity index is 261. The quantitative estimate of drug-likeness (QED) is 0.365. The lowest BCUT2D eigenvalue weighted by molar-refractivity contribution is 0.0937. The van der Waals surface area contributed by atoms with Gasteiger partial charge in [0, 0.05) is 0 Å². The van der Waals surface area contributed by atoms with Gasteiger partial charge in [0.05, 0.1) is 27.1 Å². The smallest absolute Gasteiger partial charge is 0.274 e. The van der Waals surface area contributed by atoms with Crippen LogP contribution in [-0.2, 0) is 23.8 Å². The number of methoxy groups -OCH3 is 2. The van der Waals surface area contributed by atoms with Crippen LogP contribution in [0.1, 0.15) is 12.8 Å². The maximum atomic E-state index is 10.6. The molecule has 0 aromatic heterocycles. The molecule has 0 aliphatic carbocycles. The average molecular weight is 224 g/mol. The molecule has 0 saturated heterocycles. The monoisotopic (exact) mass is 224 g/mol. The van der Waals surface area contributed by atoms with E-state index in [-0.39, 0.29) is 6.61 Å². The van der Waals surface area contributed by atoms with Gasteiger partial charge < -0.3 is 9.47 Å². The molecule has 0 rings (SSSR count). The second-order valence-electron chi connectivity index (χ2n) is 2.60. The van der Waals surface area contributed by atoms with Gasteiger partial charge in [-0.2, -0.15) is 8.42 Å². The van der Waals surface area contributed by atoms with Crippen LogP contribution in [0.2, 0.25) is 0 Å². The largest absolute Gasteiger partial charge is 0.469 e. The van der Waals surface area contributed by atoms with Crippen molar-refractivity contribution in [3.63, 3.8) is 0 Å². The van der Waals surface area contributed by atoms with Gasteiger partial charge in [-0.15, -0.1) is 0 Å². The Morgan fingerprint density at radius 1 is 1.29 bits per heavy atom. The highest BCUT2D eigenvalue weighted by atomic mass is 32.2. The first-order valence-electron chi connectivity index (χ1n) is 4.12. The van der Waals surface area contributed by atoms with E-state index in [9.17, 15) is 8.42 Å². The molecular formula is C8H16O5S. The van der Waals surface area contributed by atoms with E-state index in [0.717, 1.165) is 6.26 Å². The van der Waals surface area contributed by atoms with Crippen LogP contribution in [0.4, 0.5) is 0 Å². The van der Waals surface area contributed by atoms with Crippen LogP contribution in [-0.4, -0.2) is 35.5 Å². The second-order valence-corrected chi connectivity index (χ2v) is 4.24. The standard InChI is InChI=1S/C8H16O5S/c1-11-8(12-2)6-4-5-7-13-14(3,9)10/h6H,4-5,7H2,1-3H3. The zero-order chi connectivity index (χ0) is 11.0. The molecule has 0 radical (unpaired) electrons. The number of ether oxygens (including phenoxy) is 2. The SMILES string of the molecule is COC(=CCCCOS(C)(=O)=O)OC. The van der Waals surface area contributed by atoms with Crippen molar-refractivity contribution >= 4 is 10.1 Å². The highest BCUT2D eigenvalue weighted by Crippen LogP contribution is 2.01.